The average molecular weight is 299 g/mol. The molecule has 2 N–H and O–H groups in total. The Bertz CT molecular complexity index is 616. The zero-order valence-corrected chi connectivity index (χ0v) is 11.3. The van der Waals surface area contributed by atoms with Crippen LogP contribution in [0.1, 0.15) is 25.0 Å². The molecule has 1 fully saturated rings. The van der Waals surface area contributed by atoms with Crippen LogP contribution in [0.25, 0.3) is 5.52 Å². The Morgan fingerprint density at radius 1 is 1.43 bits per heavy atom. The monoisotopic (exact) mass is 299 g/mol. The summed E-state index contributed by atoms with van der Waals surface area (Å²) >= 11 is 0. The van der Waals surface area contributed by atoms with Crippen LogP contribution in [0.3, 0.4) is 0 Å². The fraction of sp³-hybridized carbons (Fsp3) is 0.538. The zero-order valence-electron chi connectivity index (χ0n) is 11.3. The van der Waals surface area contributed by atoms with Crippen LogP contribution in [-0.2, 0) is 6.18 Å². The van der Waals surface area contributed by atoms with E-state index in [1.807, 2.05) is 0 Å². The molecular formula is C13H16F3N5. The quantitative estimate of drug-likeness (QED) is 0.909. The summed E-state index contributed by atoms with van der Waals surface area (Å²) in [7, 11) is 0. The number of nitrogens with one attached hydrogen (secondary N) is 2. The Kier molecular flexibility index (Phi) is 3.71. The summed E-state index contributed by atoms with van der Waals surface area (Å²) in [5.74, 6) is 0.429. The minimum Gasteiger partial charge on any atom is -0.368 e. The van der Waals surface area contributed by atoms with Crippen molar-refractivity contribution in [2.75, 3.05) is 18.4 Å². The molecule has 1 aliphatic rings. The molecule has 1 unspecified atom stereocenters. The van der Waals surface area contributed by atoms with E-state index >= 15 is 0 Å². The first-order valence-electron chi connectivity index (χ1n) is 6.93. The SMILES string of the molecule is FC(F)(F)c1cc2c(NCCC3CCCN3)nccn2n1. The lowest BCUT2D eigenvalue weighted by Crippen LogP contribution is -2.24. The number of anilines is 1. The van der Waals surface area contributed by atoms with Gasteiger partial charge >= 0.3 is 6.18 Å². The van der Waals surface area contributed by atoms with Crippen molar-refractivity contribution in [1.82, 2.24) is 19.9 Å². The van der Waals surface area contributed by atoms with E-state index in [0.29, 0.717) is 23.9 Å². The number of fused-ring (bicyclic) bond motifs is 1. The number of halogens is 3. The lowest BCUT2D eigenvalue weighted by atomic mass is 10.1. The molecule has 0 aromatic carbocycles. The minimum absolute atomic E-state index is 0.337. The Balaban J connectivity index is 1.73. The van der Waals surface area contributed by atoms with Crippen molar-refractivity contribution in [3.8, 4) is 0 Å². The predicted octanol–water partition coefficient (Wildman–Crippen LogP) is 2.30. The van der Waals surface area contributed by atoms with Crippen molar-refractivity contribution in [3.05, 3.63) is 24.2 Å². The molecule has 114 valence electrons. The van der Waals surface area contributed by atoms with E-state index in [1.165, 1.54) is 23.3 Å². The third kappa shape index (κ3) is 3.10. The van der Waals surface area contributed by atoms with Crippen molar-refractivity contribution in [3.63, 3.8) is 0 Å². The second-order valence-electron chi connectivity index (χ2n) is 5.14. The van der Waals surface area contributed by atoms with Crippen LogP contribution < -0.4 is 10.6 Å². The fourth-order valence-corrected chi connectivity index (χ4v) is 2.56. The summed E-state index contributed by atoms with van der Waals surface area (Å²) in [6, 6.07) is 1.50. The fourth-order valence-electron chi connectivity index (χ4n) is 2.56. The Morgan fingerprint density at radius 3 is 3.00 bits per heavy atom. The molecule has 3 rings (SSSR count). The standard InChI is InChI=1S/C13H16F3N5/c14-13(15,16)11-8-10-12(19-6-7-21(10)20-11)18-5-3-9-2-1-4-17-9/h6-9,17H,1-5H2,(H,18,19). The molecule has 0 saturated carbocycles. The van der Waals surface area contributed by atoms with Gasteiger partial charge in [-0.25, -0.2) is 9.50 Å². The summed E-state index contributed by atoms with van der Waals surface area (Å²) in [6.07, 6.45) is 1.64. The smallest absolute Gasteiger partial charge is 0.368 e. The number of rotatable bonds is 4. The van der Waals surface area contributed by atoms with Crippen molar-refractivity contribution in [2.45, 2.75) is 31.5 Å². The first-order chi connectivity index (χ1) is 10.0. The van der Waals surface area contributed by atoms with Crippen LogP contribution in [-0.4, -0.2) is 33.7 Å². The molecule has 2 aromatic rings. The van der Waals surface area contributed by atoms with Gasteiger partial charge in [-0.05, 0) is 25.8 Å². The second-order valence-corrected chi connectivity index (χ2v) is 5.14. The third-order valence-electron chi connectivity index (χ3n) is 3.63. The van der Waals surface area contributed by atoms with E-state index in [-0.39, 0.29) is 0 Å². The zero-order chi connectivity index (χ0) is 14.9. The van der Waals surface area contributed by atoms with Gasteiger partial charge in [-0.15, -0.1) is 0 Å². The molecule has 2 aromatic heterocycles. The summed E-state index contributed by atoms with van der Waals surface area (Å²) in [5, 5.41) is 10.0. The van der Waals surface area contributed by atoms with Gasteiger partial charge in [0, 0.05) is 31.0 Å². The molecule has 5 nitrogen and oxygen atoms in total. The van der Waals surface area contributed by atoms with Crippen molar-refractivity contribution >= 4 is 11.3 Å². The van der Waals surface area contributed by atoms with E-state index in [0.717, 1.165) is 25.5 Å². The highest BCUT2D eigenvalue weighted by atomic mass is 19.4. The highest BCUT2D eigenvalue weighted by molar-refractivity contribution is 5.67. The van der Waals surface area contributed by atoms with E-state index in [4.69, 9.17) is 0 Å². The van der Waals surface area contributed by atoms with Crippen molar-refractivity contribution < 1.29 is 13.2 Å². The Labute approximate surface area is 119 Å². The lowest BCUT2D eigenvalue weighted by molar-refractivity contribution is -0.141. The van der Waals surface area contributed by atoms with Crippen LogP contribution in [0, 0.1) is 0 Å². The van der Waals surface area contributed by atoms with Crippen LogP contribution in [0.15, 0.2) is 18.5 Å². The van der Waals surface area contributed by atoms with E-state index in [1.54, 1.807) is 0 Å². The van der Waals surface area contributed by atoms with Gasteiger partial charge in [0.05, 0.1) is 0 Å². The molecule has 8 heteroatoms. The van der Waals surface area contributed by atoms with E-state index < -0.39 is 11.9 Å². The highest BCUT2D eigenvalue weighted by Crippen LogP contribution is 2.30. The topological polar surface area (TPSA) is 54.2 Å². The summed E-state index contributed by atoms with van der Waals surface area (Å²) in [5.41, 5.74) is -0.569. The predicted molar refractivity (Wildman–Crippen MR) is 72.1 cm³/mol. The average Bonchev–Trinajstić information content (AvgIpc) is 3.06. The van der Waals surface area contributed by atoms with Crippen LogP contribution in [0.5, 0.6) is 0 Å². The molecule has 21 heavy (non-hydrogen) atoms. The molecule has 3 heterocycles. The van der Waals surface area contributed by atoms with Crippen molar-refractivity contribution in [2.24, 2.45) is 0 Å². The summed E-state index contributed by atoms with van der Waals surface area (Å²) in [4.78, 5) is 4.11. The summed E-state index contributed by atoms with van der Waals surface area (Å²) < 4.78 is 39.3. The van der Waals surface area contributed by atoms with Gasteiger partial charge < -0.3 is 10.6 Å². The normalized spacial score (nSPS) is 19.3. The molecule has 1 saturated heterocycles. The molecule has 1 atom stereocenters. The van der Waals surface area contributed by atoms with Gasteiger partial charge in [0.1, 0.15) is 5.52 Å². The number of alkyl halides is 3. The highest BCUT2D eigenvalue weighted by Gasteiger charge is 2.34. The lowest BCUT2D eigenvalue weighted by Gasteiger charge is -2.11. The maximum atomic E-state index is 12.7. The number of hydrogen-bond donors (Lipinski definition) is 2. The molecular weight excluding hydrogens is 283 g/mol. The number of nitrogens with zero attached hydrogens (tertiary/aromatic N) is 3. The molecule has 1 aliphatic heterocycles. The first kappa shape index (κ1) is 14.1. The maximum absolute atomic E-state index is 12.7. The van der Waals surface area contributed by atoms with E-state index in [2.05, 4.69) is 20.7 Å². The molecule has 0 aliphatic carbocycles. The number of aromatic nitrogens is 3. The maximum Gasteiger partial charge on any atom is 0.435 e. The first-order valence-corrected chi connectivity index (χ1v) is 6.93. The van der Waals surface area contributed by atoms with Gasteiger partial charge in [-0.2, -0.15) is 18.3 Å². The number of hydrogen-bond acceptors (Lipinski definition) is 4. The Morgan fingerprint density at radius 2 is 2.29 bits per heavy atom. The molecule has 0 amide bonds. The van der Waals surface area contributed by atoms with Crippen LogP contribution in [0.2, 0.25) is 0 Å². The minimum atomic E-state index is -4.45. The largest absolute Gasteiger partial charge is 0.435 e. The van der Waals surface area contributed by atoms with E-state index in [9.17, 15) is 13.2 Å². The van der Waals surface area contributed by atoms with Crippen LogP contribution >= 0.6 is 0 Å². The third-order valence-corrected chi connectivity index (χ3v) is 3.63. The molecule has 0 bridgehead atoms. The Hall–Kier alpha value is -1.83. The van der Waals surface area contributed by atoms with Crippen molar-refractivity contribution in [1.29, 1.82) is 0 Å². The van der Waals surface area contributed by atoms with Crippen LogP contribution in [0.4, 0.5) is 19.0 Å². The molecule has 0 radical (unpaired) electrons. The van der Waals surface area contributed by atoms with Gasteiger partial charge in [-0.1, -0.05) is 0 Å². The second kappa shape index (κ2) is 5.51. The van der Waals surface area contributed by atoms with Gasteiger partial charge in [0.15, 0.2) is 11.5 Å². The molecule has 0 spiro atoms. The van der Waals surface area contributed by atoms with Gasteiger partial charge in [0.25, 0.3) is 0 Å². The van der Waals surface area contributed by atoms with Gasteiger partial charge in [-0.3, -0.25) is 0 Å². The van der Waals surface area contributed by atoms with Gasteiger partial charge in [0.2, 0.25) is 0 Å². The summed E-state index contributed by atoms with van der Waals surface area (Å²) in [6.45, 7) is 1.70.